The van der Waals surface area contributed by atoms with Crippen LogP contribution in [0.3, 0.4) is 0 Å². The third-order valence-corrected chi connectivity index (χ3v) is 3.12. The topological polar surface area (TPSA) is 68.9 Å². The minimum absolute atomic E-state index is 0. The summed E-state index contributed by atoms with van der Waals surface area (Å²) in [5.41, 5.74) is 6.73. The maximum absolute atomic E-state index is 5.95. The number of anilines is 1. The molecule has 0 saturated carbocycles. The van der Waals surface area contributed by atoms with Crippen molar-refractivity contribution in [3.63, 3.8) is 0 Å². The standard InChI is InChI=1S/C17H29N3O2.HI/c1-4-7-8-9-12-19-17(18)20-15-13-14(21-5-2)10-11-16(15)22-6-3;/h10-11,13H,4-9,12H2,1-3H3,(H3,18,19,20);1H. The van der Waals surface area contributed by atoms with Gasteiger partial charge in [0.25, 0.3) is 0 Å². The first kappa shape index (κ1) is 21.8. The Morgan fingerprint density at radius 1 is 1.09 bits per heavy atom. The zero-order valence-electron chi connectivity index (χ0n) is 14.4. The zero-order chi connectivity index (χ0) is 16.2. The average molecular weight is 435 g/mol. The van der Waals surface area contributed by atoms with E-state index in [4.69, 9.17) is 15.2 Å². The molecule has 3 N–H and O–H groups in total. The van der Waals surface area contributed by atoms with Crippen LogP contribution in [0, 0.1) is 0 Å². The van der Waals surface area contributed by atoms with E-state index in [9.17, 15) is 0 Å². The number of hydrogen-bond donors (Lipinski definition) is 2. The third-order valence-electron chi connectivity index (χ3n) is 3.12. The van der Waals surface area contributed by atoms with Crippen molar-refractivity contribution < 1.29 is 9.47 Å². The van der Waals surface area contributed by atoms with Crippen LogP contribution >= 0.6 is 24.0 Å². The zero-order valence-corrected chi connectivity index (χ0v) is 16.8. The molecular weight excluding hydrogens is 405 g/mol. The molecule has 1 rings (SSSR count). The van der Waals surface area contributed by atoms with E-state index in [1.807, 2.05) is 32.0 Å². The fourth-order valence-corrected chi connectivity index (χ4v) is 2.06. The number of aliphatic imine (C=N–C) groups is 1. The van der Waals surface area contributed by atoms with Gasteiger partial charge in [0.1, 0.15) is 11.5 Å². The number of rotatable bonds is 10. The summed E-state index contributed by atoms with van der Waals surface area (Å²) >= 11 is 0. The quantitative estimate of drug-likeness (QED) is 0.247. The first-order chi connectivity index (χ1) is 10.7. The lowest BCUT2D eigenvalue weighted by atomic mass is 10.2. The predicted octanol–water partition coefficient (Wildman–Crippen LogP) is 4.41. The van der Waals surface area contributed by atoms with Gasteiger partial charge in [0.15, 0.2) is 5.96 Å². The molecule has 0 aliphatic rings. The number of benzene rings is 1. The third kappa shape index (κ3) is 8.88. The van der Waals surface area contributed by atoms with Crippen LogP contribution in [0.15, 0.2) is 23.2 Å². The Hall–Kier alpha value is -1.18. The average Bonchev–Trinajstić information content (AvgIpc) is 2.50. The molecule has 0 atom stereocenters. The van der Waals surface area contributed by atoms with Gasteiger partial charge in [-0.15, -0.1) is 24.0 Å². The van der Waals surface area contributed by atoms with Crippen molar-refractivity contribution in [3.05, 3.63) is 18.2 Å². The summed E-state index contributed by atoms with van der Waals surface area (Å²) in [6.45, 7) is 8.06. The lowest BCUT2D eigenvalue weighted by molar-refractivity contribution is 0.332. The summed E-state index contributed by atoms with van der Waals surface area (Å²) in [7, 11) is 0. The number of ether oxygens (including phenoxy) is 2. The smallest absolute Gasteiger partial charge is 0.193 e. The Bertz CT molecular complexity index is 467. The van der Waals surface area contributed by atoms with Crippen LogP contribution in [-0.4, -0.2) is 25.7 Å². The molecule has 0 radical (unpaired) electrons. The maximum Gasteiger partial charge on any atom is 0.193 e. The highest BCUT2D eigenvalue weighted by Gasteiger charge is 2.07. The van der Waals surface area contributed by atoms with E-state index in [0.29, 0.717) is 19.2 Å². The van der Waals surface area contributed by atoms with Gasteiger partial charge in [0, 0.05) is 12.6 Å². The summed E-state index contributed by atoms with van der Waals surface area (Å²) in [6, 6.07) is 5.65. The van der Waals surface area contributed by atoms with Crippen molar-refractivity contribution in [2.24, 2.45) is 10.7 Å². The van der Waals surface area contributed by atoms with Gasteiger partial charge in [-0.2, -0.15) is 0 Å². The fraction of sp³-hybridized carbons (Fsp3) is 0.588. The van der Waals surface area contributed by atoms with Gasteiger partial charge in [0.05, 0.1) is 18.9 Å². The summed E-state index contributed by atoms with van der Waals surface area (Å²) in [4.78, 5) is 4.36. The van der Waals surface area contributed by atoms with Gasteiger partial charge >= 0.3 is 0 Å². The van der Waals surface area contributed by atoms with Crippen molar-refractivity contribution in [2.75, 3.05) is 25.1 Å². The lowest BCUT2D eigenvalue weighted by Crippen LogP contribution is -2.23. The van der Waals surface area contributed by atoms with Crippen LogP contribution in [0.5, 0.6) is 11.5 Å². The summed E-state index contributed by atoms with van der Waals surface area (Å²) in [5.74, 6) is 1.94. The molecule has 5 nitrogen and oxygen atoms in total. The van der Waals surface area contributed by atoms with Gasteiger partial charge in [-0.25, -0.2) is 0 Å². The molecule has 0 saturated heterocycles. The van der Waals surface area contributed by atoms with Crippen molar-refractivity contribution in [1.29, 1.82) is 0 Å². The number of nitrogens with zero attached hydrogens (tertiary/aromatic N) is 1. The van der Waals surface area contributed by atoms with Crippen molar-refractivity contribution in [2.45, 2.75) is 46.5 Å². The van der Waals surface area contributed by atoms with E-state index in [1.165, 1.54) is 19.3 Å². The molecule has 23 heavy (non-hydrogen) atoms. The molecule has 6 heteroatoms. The van der Waals surface area contributed by atoms with Gasteiger partial charge in [0.2, 0.25) is 0 Å². The molecular formula is C17H30IN3O2. The van der Waals surface area contributed by atoms with Crippen LogP contribution < -0.4 is 20.5 Å². The molecule has 0 aliphatic heterocycles. The first-order valence-corrected chi connectivity index (χ1v) is 8.17. The highest BCUT2D eigenvalue weighted by atomic mass is 127. The number of guanidine groups is 1. The molecule has 0 fully saturated rings. The second-order valence-corrected chi connectivity index (χ2v) is 4.98. The Kier molecular flexibility index (Phi) is 12.6. The Morgan fingerprint density at radius 2 is 1.83 bits per heavy atom. The molecule has 0 amide bonds. The van der Waals surface area contributed by atoms with Gasteiger partial charge in [-0.3, -0.25) is 4.99 Å². The van der Waals surface area contributed by atoms with Crippen LogP contribution in [-0.2, 0) is 0 Å². The minimum Gasteiger partial charge on any atom is -0.494 e. The van der Waals surface area contributed by atoms with Crippen LogP contribution in [0.4, 0.5) is 5.69 Å². The maximum atomic E-state index is 5.95. The summed E-state index contributed by atoms with van der Waals surface area (Å²) in [6.07, 6.45) is 4.72. The van der Waals surface area contributed by atoms with Crippen molar-refractivity contribution in [3.8, 4) is 11.5 Å². The predicted molar refractivity (Wildman–Crippen MR) is 108 cm³/mol. The largest absolute Gasteiger partial charge is 0.494 e. The van der Waals surface area contributed by atoms with E-state index in [-0.39, 0.29) is 24.0 Å². The van der Waals surface area contributed by atoms with Gasteiger partial charge in [-0.1, -0.05) is 26.2 Å². The molecule has 0 unspecified atom stereocenters. The second kappa shape index (κ2) is 13.3. The number of nitrogens with two attached hydrogens (primary N) is 1. The summed E-state index contributed by atoms with van der Waals surface area (Å²) in [5, 5.41) is 3.11. The number of nitrogens with one attached hydrogen (secondary N) is 1. The van der Waals surface area contributed by atoms with Gasteiger partial charge < -0.3 is 20.5 Å². The highest BCUT2D eigenvalue weighted by Crippen LogP contribution is 2.29. The molecule has 0 heterocycles. The molecule has 0 spiro atoms. The highest BCUT2D eigenvalue weighted by molar-refractivity contribution is 14.0. The number of hydrogen-bond acceptors (Lipinski definition) is 3. The van der Waals surface area contributed by atoms with Crippen LogP contribution in [0.2, 0.25) is 0 Å². The van der Waals surface area contributed by atoms with E-state index in [0.717, 1.165) is 30.2 Å². The van der Waals surface area contributed by atoms with Crippen molar-refractivity contribution >= 4 is 35.6 Å². The Morgan fingerprint density at radius 3 is 2.48 bits per heavy atom. The molecule has 1 aromatic carbocycles. The SMILES string of the molecule is CCCCCCN=C(N)Nc1cc(OCC)ccc1OCC.I. The number of unbranched alkanes of at least 4 members (excludes halogenated alkanes) is 3. The van der Waals surface area contributed by atoms with Crippen molar-refractivity contribution in [1.82, 2.24) is 0 Å². The van der Waals surface area contributed by atoms with E-state index in [2.05, 4.69) is 17.2 Å². The van der Waals surface area contributed by atoms with E-state index < -0.39 is 0 Å². The summed E-state index contributed by atoms with van der Waals surface area (Å²) < 4.78 is 11.1. The molecule has 1 aromatic rings. The lowest BCUT2D eigenvalue weighted by Gasteiger charge is -2.14. The molecule has 0 aromatic heterocycles. The van der Waals surface area contributed by atoms with Crippen LogP contribution in [0.1, 0.15) is 46.5 Å². The molecule has 0 bridgehead atoms. The van der Waals surface area contributed by atoms with Crippen LogP contribution in [0.25, 0.3) is 0 Å². The monoisotopic (exact) mass is 435 g/mol. The van der Waals surface area contributed by atoms with Gasteiger partial charge in [-0.05, 0) is 32.4 Å². The first-order valence-electron chi connectivity index (χ1n) is 8.17. The van der Waals surface area contributed by atoms with E-state index in [1.54, 1.807) is 0 Å². The fourth-order valence-electron chi connectivity index (χ4n) is 2.06. The Balaban J connectivity index is 0.00000484. The second-order valence-electron chi connectivity index (χ2n) is 4.98. The van der Waals surface area contributed by atoms with E-state index >= 15 is 0 Å². The molecule has 0 aliphatic carbocycles. The molecule has 132 valence electrons. The normalized spacial score (nSPS) is 10.8. The number of halogens is 1. The minimum atomic E-state index is 0. The Labute approximate surface area is 157 Å².